The SMILES string of the molecule is C1CC1.CC.CC(Nc1nnc(-c2ccc(C(F)(F)F)[nH]c2=O)o1)C(=O)N1CCCC1. The van der Waals surface area contributed by atoms with E-state index in [-0.39, 0.29) is 23.4 Å². The second kappa shape index (κ2) is 11.0. The molecule has 172 valence electrons. The first kappa shape index (κ1) is 24.4. The average molecular weight is 443 g/mol. The lowest BCUT2D eigenvalue weighted by Crippen LogP contribution is -2.39. The fourth-order valence-corrected chi connectivity index (χ4v) is 2.66. The molecule has 4 rings (SSSR count). The fraction of sp³-hybridized carbons (Fsp3) is 0.600. The van der Waals surface area contributed by atoms with E-state index in [1.165, 1.54) is 19.3 Å². The molecule has 2 aromatic rings. The van der Waals surface area contributed by atoms with Crippen LogP contribution in [0.15, 0.2) is 21.3 Å². The van der Waals surface area contributed by atoms with Crippen molar-refractivity contribution in [3.05, 3.63) is 28.2 Å². The standard InChI is InChI=1S/C15H16F3N5O3.C3H6.C2H6/c1-8(13(25)23-6-2-3-7-23)19-14-22-21-12(26-14)9-4-5-10(15(16,17)18)20-11(9)24;1-2-3-1;1-2/h4-5,8H,2-3,6-7H2,1H3,(H,19,22)(H,20,24);1-3H2;1-2H3. The molecule has 31 heavy (non-hydrogen) atoms. The van der Waals surface area contributed by atoms with Crippen molar-refractivity contribution < 1.29 is 22.4 Å². The highest BCUT2D eigenvalue weighted by molar-refractivity contribution is 5.83. The van der Waals surface area contributed by atoms with E-state index in [0.29, 0.717) is 19.2 Å². The minimum Gasteiger partial charge on any atom is -0.403 e. The molecular weight excluding hydrogens is 415 g/mol. The molecule has 8 nitrogen and oxygen atoms in total. The van der Waals surface area contributed by atoms with Crippen molar-refractivity contribution in [2.24, 2.45) is 0 Å². The van der Waals surface area contributed by atoms with Gasteiger partial charge in [0.1, 0.15) is 17.3 Å². The number of aromatic nitrogens is 3. The lowest BCUT2D eigenvalue weighted by atomic mass is 10.2. The summed E-state index contributed by atoms with van der Waals surface area (Å²) in [7, 11) is 0. The Hall–Kier alpha value is -2.85. The smallest absolute Gasteiger partial charge is 0.403 e. The summed E-state index contributed by atoms with van der Waals surface area (Å²) in [5.74, 6) is -0.363. The van der Waals surface area contributed by atoms with Gasteiger partial charge in [0.15, 0.2) is 0 Å². The van der Waals surface area contributed by atoms with Crippen LogP contribution in [0.25, 0.3) is 11.5 Å². The van der Waals surface area contributed by atoms with E-state index in [2.05, 4.69) is 15.5 Å². The highest BCUT2D eigenvalue weighted by atomic mass is 19.4. The Bertz CT molecular complexity index is 899. The number of halogens is 3. The van der Waals surface area contributed by atoms with Gasteiger partial charge in [-0.05, 0) is 31.9 Å². The molecule has 0 bridgehead atoms. The van der Waals surface area contributed by atoms with Crippen LogP contribution in [0.3, 0.4) is 0 Å². The molecule has 0 spiro atoms. The summed E-state index contributed by atoms with van der Waals surface area (Å²) in [5, 5.41) is 10.1. The van der Waals surface area contributed by atoms with E-state index in [9.17, 15) is 22.8 Å². The predicted molar refractivity (Wildman–Crippen MR) is 109 cm³/mol. The molecule has 0 radical (unpaired) electrons. The number of hydrogen-bond acceptors (Lipinski definition) is 6. The minimum absolute atomic E-state index is 0.0978. The quantitative estimate of drug-likeness (QED) is 0.739. The van der Waals surface area contributed by atoms with Crippen molar-refractivity contribution in [3.8, 4) is 11.5 Å². The van der Waals surface area contributed by atoms with Gasteiger partial charge in [0, 0.05) is 13.1 Å². The minimum atomic E-state index is -4.66. The highest BCUT2D eigenvalue weighted by Crippen LogP contribution is 2.27. The summed E-state index contributed by atoms with van der Waals surface area (Å²) in [4.78, 5) is 27.5. The van der Waals surface area contributed by atoms with E-state index in [1.54, 1.807) is 16.8 Å². The highest BCUT2D eigenvalue weighted by Gasteiger charge is 2.32. The summed E-state index contributed by atoms with van der Waals surface area (Å²) >= 11 is 0. The van der Waals surface area contributed by atoms with E-state index >= 15 is 0 Å². The molecule has 3 heterocycles. The van der Waals surface area contributed by atoms with Gasteiger partial charge in [0.2, 0.25) is 5.91 Å². The van der Waals surface area contributed by atoms with Crippen LogP contribution in [0.1, 0.15) is 58.6 Å². The summed E-state index contributed by atoms with van der Waals surface area (Å²) < 4.78 is 43.0. The van der Waals surface area contributed by atoms with Gasteiger partial charge in [-0.3, -0.25) is 9.59 Å². The van der Waals surface area contributed by atoms with Gasteiger partial charge in [-0.15, -0.1) is 5.10 Å². The van der Waals surface area contributed by atoms with Crippen LogP contribution in [0.4, 0.5) is 19.2 Å². The largest absolute Gasteiger partial charge is 0.431 e. The number of H-pyrrole nitrogens is 1. The second-order valence-electron chi connectivity index (χ2n) is 6.98. The van der Waals surface area contributed by atoms with Crippen LogP contribution in [0, 0.1) is 0 Å². The molecular formula is C20H28F3N5O3. The number of anilines is 1. The Kier molecular flexibility index (Phi) is 8.64. The molecule has 2 fully saturated rings. The monoisotopic (exact) mass is 443 g/mol. The van der Waals surface area contributed by atoms with Crippen LogP contribution in [-0.2, 0) is 11.0 Å². The van der Waals surface area contributed by atoms with Crippen molar-refractivity contribution in [2.75, 3.05) is 18.4 Å². The lowest BCUT2D eigenvalue weighted by Gasteiger charge is -2.20. The maximum Gasteiger partial charge on any atom is 0.431 e. The van der Waals surface area contributed by atoms with Gasteiger partial charge < -0.3 is 19.6 Å². The number of hydrogen-bond donors (Lipinski definition) is 2. The van der Waals surface area contributed by atoms with Crippen LogP contribution in [-0.4, -0.2) is 45.1 Å². The Balaban J connectivity index is 0.000000612. The second-order valence-corrected chi connectivity index (χ2v) is 6.98. The van der Waals surface area contributed by atoms with E-state index in [4.69, 9.17) is 4.42 Å². The molecule has 1 aliphatic carbocycles. The number of nitrogens with one attached hydrogen (secondary N) is 2. The van der Waals surface area contributed by atoms with E-state index < -0.39 is 23.5 Å². The third-order valence-corrected chi connectivity index (χ3v) is 4.35. The number of carbonyl (C=O) groups is 1. The van der Waals surface area contributed by atoms with Crippen molar-refractivity contribution in [3.63, 3.8) is 0 Å². The van der Waals surface area contributed by atoms with Crippen molar-refractivity contribution in [2.45, 2.75) is 65.1 Å². The fourth-order valence-electron chi connectivity index (χ4n) is 2.66. The molecule has 2 aromatic heterocycles. The number of nitrogens with zero attached hydrogens (tertiary/aromatic N) is 3. The van der Waals surface area contributed by atoms with Crippen molar-refractivity contribution in [1.29, 1.82) is 0 Å². The zero-order valence-electron chi connectivity index (χ0n) is 17.9. The zero-order chi connectivity index (χ0) is 23.0. The molecule has 1 amide bonds. The van der Waals surface area contributed by atoms with Gasteiger partial charge >= 0.3 is 12.2 Å². The van der Waals surface area contributed by atoms with Crippen LogP contribution in [0.5, 0.6) is 0 Å². The molecule has 1 saturated carbocycles. The number of likely N-dealkylation sites (tertiary alicyclic amines) is 1. The maximum atomic E-state index is 12.6. The van der Waals surface area contributed by atoms with Crippen LogP contribution < -0.4 is 10.9 Å². The van der Waals surface area contributed by atoms with Gasteiger partial charge in [-0.1, -0.05) is 38.2 Å². The summed E-state index contributed by atoms with van der Waals surface area (Å²) in [5.41, 5.74) is -2.37. The van der Waals surface area contributed by atoms with Gasteiger partial charge in [0.25, 0.3) is 11.4 Å². The third kappa shape index (κ3) is 7.11. The normalized spacial score (nSPS) is 15.9. The zero-order valence-corrected chi connectivity index (χ0v) is 17.9. The van der Waals surface area contributed by atoms with Crippen molar-refractivity contribution >= 4 is 11.9 Å². The van der Waals surface area contributed by atoms with Crippen LogP contribution in [0.2, 0.25) is 0 Å². The molecule has 11 heteroatoms. The first-order valence-electron chi connectivity index (χ1n) is 10.5. The number of aromatic amines is 1. The molecule has 1 atom stereocenters. The third-order valence-electron chi connectivity index (χ3n) is 4.35. The molecule has 1 saturated heterocycles. The van der Waals surface area contributed by atoms with Gasteiger partial charge in [0.05, 0.1) is 0 Å². The molecule has 2 N–H and O–H groups in total. The summed E-state index contributed by atoms with van der Waals surface area (Å²) in [6.07, 6.45) is 1.75. The van der Waals surface area contributed by atoms with Crippen LogP contribution >= 0.6 is 0 Å². The van der Waals surface area contributed by atoms with Crippen molar-refractivity contribution in [1.82, 2.24) is 20.1 Å². The van der Waals surface area contributed by atoms with E-state index in [1.807, 2.05) is 13.8 Å². The number of amides is 1. The Morgan fingerprint density at radius 2 is 1.74 bits per heavy atom. The molecule has 1 unspecified atom stereocenters. The first-order valence-corrected chi connectivity index (χ1v) is 10.5. The van der Waals surface area contributed by atoms with E-state index in [0.717, 1.165) is 18.9 Å². The average Bonchev–Trinajstić information content (AvgIpc) is 3.38. The maximum absolute atomic E-state index is 12.6. The predicted octanol–water partition coefficient (Wildman–Crippen LogP) is 4.06. The number of carbonyl (C=O) groups excluding carboxylic acids is 1. The number of pyridine rings is 1. The summed E-state index contributed by atoms with van der Waals surface area (Å²) in [6.45, 7) is 7.02. The molecule has 2 aliphatic rings. The number of rotatable bonds is 4. The first-order chi connectivity index (χ1) is 14.8. The Morgan fingerprint density at radius 1 is 1.13 bits per heavy atom. The molecule has 0 aromatic carbocycles. The Morgan fingerprint density at radius 3 is 2.26 bits per heavy atom. The molecule has 1 aliphatic heterocycles. The van der Waals surface area contributed by atoms with Gasteiger partial charge in [-0.25, -0.2) is 0 Å². The topological polar surface area (TPSA) is 104 Å². The lowest BCUT2D eigenvalue weighted by molar-refractivity contribution is -0.141. The van der Waals surface area contributed by atoms with Gasteiger partial charge in [-0.2, -0.15) is 13.2 Å². The number of alkyl halides is 3. The summed E-state index contributed by atoms with van der Waals surface area (Å²) in [6, 6.07) is 0.956. The Labute approximate surface area is 178 Å².